The molecule has 2 N–H and O–H groups in total. The number of rotatable bonds is 7. The summed E-state index contributed by atoms with van der Waals surface area (Å²) < 4.78 is 5.51. The van der Waals surface area contributed by atoms with Crippen LogP contribution in [0.1, 0.15) is 39.3 Å². The zero-order valence-corrected chi connectivity index (χ0v) is 21.5. The highest BCUT2D eigenvalue weighted by atomic mass is 16.5. The summed E-state index contributed by atoms with van der Waals surface area (Å²) in [7, 11) is 0. The molecule has 0 aromatic heterocycles. The van der Waals surface area contributed by atoms with Gasteiger partial charge < -0.3 is 15.4 Å². The van der Waals surface area contributed by atoms with Gasteiger partial charge in [0.05, 0.1) is 0 Å². The number of nitrogens with one attached hydrogen (secondary N) is 2. The Morgan fingerprint density at radius 1 is 0.789 bits per heavy atom. The fourth-order valence-electron chi connectivity index (χ4n) is 5.00. The molecule has 38 heavy (non-hydrogen) atoms. The van der Waals surface area contributed by atoms with Gasteiger partial charge in [0.1, 0.15) is 13.2 Å². The minimum absolute atomic E-state index is 0.0266. The second-order valence-corrected chi connectivity index (χ2v) is 9.49. The molecule has 0 radical (unpaired) electrons. The van der Waals surface area contributed by atoms with Crippen LogP contribution in [0.25, 0.3) is 23.3 Å². The number of aryl methyl sites for hydroxylation is 2. The van der Waals surface area contributed by atoms with Crippen LogP contribution in [0.2, 0.25) is 0 Å². The molecule has 1 aliphatic rings. The summed E-state index contributed by atoms with van der Waals surface area (Å²) in [5.74, 6) is -0.351. The lowest BCUT2D eigenvalue weighted by Gasteiger charge is -2.14. The molecule has 0 bridgehead atoms. The highest BCUT2D eigenvalue weighted by Gasteiger charge is 2.29. The summed E-state index contributed by atoms with van der Waals surface area (Å²) in [6.07, 6.45) is 3.50. The van der Waals surface area contributed by atoms with Crippen LogP contribution in [-0.2, 0) is 9.53 Å². The van der Waals surface area contributed by atoms with Gasteiger partial charge in [-0.3, -0.25) is 4.79 Å². The number of carbonyl (C=O) groups is 2. The van der Waals surface area contributed by atoms with E-state index in [0.29, 0.717) is 5.69 Å². The van der Waals surface area contributed by atoms with Crippen LogP contribution in [0.15, 0.2) is 91.0 Å². The van der Waals surface area contributed by atoms with E-state index in [0.717, 1.165) is 16.7 Å². The first kappa shape index (κ1) is 25.0. The molecular weight excluding hydrogens is 472 g/mol. The number of hydrogen-bond acceptors (Lipinski definition) is 3. The number of carbonyl (C=O) groups excluding carboxylic acids is 2. The molecule has 5 heteroatoms. The van der Waals surface area contributed by atoms with Gasteiger partial charge in [-0.1, -0.05) is 91.0 Å². The smallest absolute Gasteiger partial charge is 0.407 e. The van der Waals surface area contributed by atoms with Gasteiger partial charge in [0, 0.05) is 11.6 Å². The maximum absolute atomic E-state index is 12.5. The molecular formula is C33H30N2O3. The van der Waals surface area contributed by atoms with Crippen LogP contribution < -0.4 is 10.6 Å². The summed E-state index contributed by atoms with van der Waals surface area (Å²) in [6, 6.07) is 30.2. The van der Waals surface area contributed by atoms with Crippen molar-refractivity contribution in [1.82, 2.24) is 5.32 Å². The first-order chi connectivity index (χ1) is 18.5. The Morgan fingerprint density at radius 3 is 2.11 bits per heavy atom. The van der Waals surface area contributed by atoms with E-state index in [1.54, 1.807) is 0 Å². The number of benzene rings is 4. The van der Waals surface area contributed by atoms with E-state index >= 15 is 0 Å². The Labute approximate surface area is 223 Å². The maximum Gasteiger partial charge on any atom is 0.407 e. The molecule has 0 fully saturated rings. The standard InChI is InChI=1S/C33H30N2O3/c1-22-9-7-10-23(2)26(22)18-17-24-11-8-12-25(19-24)35-32(36)20-34-33(37)38-21-31-29-15-5-3-13-27(29)28-14-4-6-16-30(28)31/h3-19,31H,20-21H2,1-2H3,(H,34,37)(H,35,36)/b18-17+. The monoisotopic (exact) mass is 502 g/mol. The molecule has 4 aromatic rings. The minimum atomic E-state index is -0.618. The highest BCUT2D eigenvalue weighted by Crippen LogP contribution is 2.44. The van der Waals surface area contributed by atoms with Crippen molar-refractivity contribution in [3.05, 3.63) is 124 Å². The van der Waals surface area contributed by atoms with Crippen LogP contribution in [0.5, 0.6) is 0 Å². The molecule has 0 saturated heterocycles. The zero-order valence-electron chi connectivity index (χ0n) is 21.5. The Kier molecular flexibility index (Phi) is 7.36. The topological polar surface area (TPSA) is 67.4 Å². The van der Waals surface area contributed by atoms with E-state index in [1.807, 2.05) is 54.6 Å². The Hall–Kier alpha value is -4.64. The van der Waals surface area contributed by atoms with E-state index in [2.05, 4.69) is 73.0 Å². The number of alkyl carbamates (subject to hydrolysis) is 1. The van der Waals surface area contributed by atoms with Crippen LogP contribution in [0, 0.1) is 13.8 Å². The average Bonchev–Trinajstić information content (AvgIpc) is 3.24. The van der Waals surface area contributed by atoms with Crippen molar-refractivity contribution in [1.29, 1.82) is 0 Å². The van der Waals surface area contributed by atoms with Crippen LogP contribution >= 0.6 is 0 Å². The Morgan fingerprint density at radius 2 is 1.42 bits per heavy atom. The quantitative estimate of drug-likeness (QED) is 0.269. The lowest BCUT2D eigenvalue weighted by Crippen LogP contribution is -2.33. The highest BCUT2D eigenvalue weighted by molar-refractivity contribution is 5.94. The molecule has 5 nitrogen and oxygen atoms in total. The molecule has 0 spiro atoms. The summed E-state index contributed by atoms with van der Waals surface area (Å²) in [4.78, 5) is 24.9. The largest absolute Gasteiger partial charge is 0.449 e. The average molecular weight is 503 g/mol. The van der Waals surface area contributed by atoms with E-state index in [1.165, 1.54) is 27.8 Å². The molecule has 2 amide bonds. The second-order valence-electron chi connectivity index (χ2n) is 9.49. The third-order valence-corrected chi connectivity index (χ3v) is 6.89. The van der Waals surface area contributed by atoms with Gasteiger partial charge in [-0.05, 0) is 70.5 Å². The van der Waals surface area contributed by atoms with Crippen LogP contribution in [0.4, 0.5) is 10.5 Å². The van der Waals surface area contributed by atoms with Gasteiger partial charge in [-0.25, -0.2) is 4.79 Å². The van der Waals surface area contributed by atoms with Gasteiger partial charge >= 0.3 is 6.09 Å². The number of ether oxygens (including phenoxy) is 1. The van der Waals surface area contributed by atoms with Gasteiger partial charge in [-0.2, -0.15) is 0 Å². The molecule has 5 rings (SSSR count). The first-order valence-corrected chi connectivity index (χ1v) is 12.7. The van der Waals surface area contributed by atoms with E-state index in [9.17, 15) is 9.59 Å². The number of fused-ring (bicyclic) bond motifs is 3. The third-order valence-electron chi connectivity index (χ3n) is 6.89. The van der Waals surface area contributed by atoms with Crippen molar-refractivity contribution >= 4 is 29.8 Å². The molecule has 0 saturated carbocycles. The van der Waals surface area contributed by atoms with E-state index in [4.69, 9.17) is 4.74 Å². The van der Waals surface area contributed by atoms with Crippen molar-refractivity contribution in [2.75, 3.05) is 18.5 Å². The lowest BCUT2D eigenvalue weighted by molar-refractivity contribution is -0.115. The summed E-state index contributed by atoms with van der Waals surface area (Å²) >= 11 is 0. The SMILES string of the molecule is Cc1cccc(C)c1/C=C/c1cccc(NC(=O)CNC(=O)OCC2c3ccccc3-c3ccccc32)c1. The van der Waals surface area contributed by atoms with Gasteiger partial charge in [-0.15, -0.1) is 0 Å². The Balaban J connectivity index is 1.14. The summed E-state index contributed by atoms with van der Waals surface area (Å²) in [6.45, 7) is 4.20. The zero-order chi connectivity index (χ0) is 26.5. The van der Waals surface area contributed by atoms with Crippen LogP contribution in [-0.4, -0.2) is 25.2 Å². The molecule has 0 unspecified atom stereocenters. The van der Waals surface area contributed by atoms with Crippen molar-refractivity contribution in [2.45, 2.75) is 19.8 Å². The minimum Gasteiger partial charge on any atom is -0.449 e. The lowest BCUT2D eigenvalue weighted by atomic mass is 9.98. The van der Waals surface area contributed by atoms with Crippen molar-refractivity contribution in [3.8, 4) is 11.1 Å². The first-order valence-electron chi connectivity index (χ1n) is 12.7. The Bertz CT molecular complexity index is 1460. The molecule has 0 heterocycles. The van der Waals surface area contributed by atoms with Crippen LogP contribution in [0.3, 0.4) is 0 Å². The molecule has 0 aliphatic heterocycles. The second kappa shape index (κ2) is 11.2. The molecule has 190 valence electrons. The normalized spacial score (nSPS) is 12.2. The maximum atomic E-state index is 12.5. The van der Waals surface area contributed by atoms with Gasteiger partial charge in [0.15, 0.2) is 0 Å². The van der Waals surface area contributed by atoms with Crippen molar-refractivity contribution in [2.24, 2.45) is 0 Å². The van der Waals surface area contributed by atoms with E-state index in [-0.39, 0.29) is 25.0 Å². The summed E-state index contributed by atoms with van der Waals surface area (Å²) in [5, 5.41) is 5.40. The fraction of sp³-hybridized carbons (Fsp3) is 0.152. The van der Waals surface area contributed by atoms with Gasteiger partial charge in [0.25, 0.3) is 0 Å². The molecule has 1 aliphatic carbocycles. The molecule has 4 aromatic carbocycles. The van der Waals surface area contributed by atoms with E-state index < -0.39 is 6.09 Å². The predicted octanol–water partition coefficient (Wildman–Crippen LogP) is 6.95. The number of hydrogen-bond donors (Lipinski definition) is 2. The number of anilines is 1. The van der Waals surface area contributed by atoms with Gasteiger partial charge in [0.2, 0.25) is 5.91 Å². The molecule has 0 atom stereocenters. The number of amides is 2. The predicted molar refractivity (Wildman–Crippen MR) is 153 cm³/mol. The van der Waals surface area contributed by atoms with Crippen molar-refractivity contribution in [3.63, 3.8) is 0 Å². The van der Waals surface area contributed by atoms with Crippen molar-refractivity contribution < 1.29 is 14.3 Å². The summed E-state index contributed by atoms with van der Waals surface area (Å²) in [5.41, 5.74) is 9.87. The third kappa shape index (κ3) is 5.52. The fourth-order valence-corrected chi connectivity index (χ4v) is 5.00.